The van der Waals surface area contributed by atoms with E-state index in [9.17, 15) is 9.59 Å². The number of likely N-dealkylation sites (tertiary alicyclic amines) is 1. The van der Waals surface area contributed by atoms with Gasteiger partial charge >= 0.3 is 0 Å². The molecule has 4 rings (SSSR count). The van der Waals surface area contributed by atoms with Gasteiger partial charge in [0.25, 0.3) is 11.5 Å². The summed E-state index contributed by atoms with van der Waals surface area (Å²) in [4.78, 5) is 42.8. The van der Waals surface area contributed by atoms with Crippen LogP contribution in [0.5, 0.6) is 0 Å². The molecule has 8 nitrogen and oxygen atoms in total. The molecule has 0 radical (unpaired) electrons. The van der Waals surface area contributed by atoms with Crippen LogP contribution >= 0.6 is 0 Å². The number of nitrogens with one attached hydrogen (secondary N) is 2. The van der Waals surface area contributed by atoms with E-state index in [2.05, 4.69) is 31.8 Å². The molecule has 1 spiro atoms. The van der Waals surface area contributed by atoms with Gasteiger partial charge < -0.3 is 14.9 Å². The zero-order valence-corrected chi connectivity index (χ0v) is 15.7. The maximum atomic E-state index is 12.7. The third kappa shape index (κ3) is 3.18. The van der Waals surface area contributed by atoms with E-state index in [1.807, 2.05) is 4.90 Å². The molecule has 2 aliphatic rings. The molecule has 2 N–H and O–H groups in total. The third-order valence-corrected chi connectivity index (χ3v) is 5.95. The summed E-state index contributed by atoms with van der Waals surface area (Å²) in [6.07, 6.45) is 9.43. The van der Waals surface area contributed by atoms with Crippen molar-refractivity contribution in [3.63, 3.8) is 0 Å². The molecular weight excluding hydrogens is 344 g/mol. The number of carbonyl (C=O) groups is 1. The SMILES string of the molecule is CCCCN1CCc2[nH]cnc2C12CCN(C(=O)c1c[nH]c(=O)cn1)CC2. The Balaban J connectivity index is 1.54. The first-order valence-corrected chi connectivity index (χ1v) is 9.76. The molecule has 2 aromatic heterocycles. The normalized spacial score (nSPS) is 19.2. The molecule has 0 saturated carbocycles. The highest BCUT2D eigenvalue weighted by molar-refractivity contribution is 5.92. The Bertz CT molecular complexity index is 845. The lowest BCUT2D eigenvalue weighted by atomic mass is 9.78. The Morgan fingerprint density at radius 3 is 2.74 bits per heavy atom. The number of H-pyrrole nitrogens is 2. The van der Waals surface area contributed by atoms with Gasteiger partial charge in [0.2, 0.25) is 0 Å². The number of hydrogen-bond donors (Lipinski definition) is 2. The van der Waals surface area contributed by atoms with Gasteiger partial charge in [0.15, 0.2) is 0 Å². The first-order valence-electron chi connectivity index (χ1n) is 9.76. The molecule has 4 heterocycles. The first kappa shape index (κ1) is 17.9. The van der Waals surface area contributed by atoms with Crippen LogP contribution in [0.4, 0.5) is 0 Å². The van der Waals surface area contributed by atoms with Gasteiger partial charge in [-0.1, -0.05) is 13.3 Å². The largest absolute Gasteiger partial charge is 0.348 e. The predicted octanol–water partition coefficient (Wildman–Crippen LogP) is 1.28. The summed E-state index contributed by atoms with van der Waals surface area (Å²) >= 11 is 0. The number of amides is 1. The van der Waals surface area contributed by atoms with Gasteiger partial charge in [0.1, 0.15) is 5.69 Å². The summed E-state index contributed by atoms with van der Waals surface area (Å²) in [6, 6.07) is 0. The maximum Gasteiger partial charge on any atom is 0.273 e. The van der Waals surface area contributed by atoms with Crippen molar-refractivity contribution in [3.8, 4) is 0 Å². The molecule has 1 saturated heterocycles. The van der Waals surface area contributed by atoms with E-state index >= 15 is 0 Å². The Morgan fingerprint density at radius 2 is 2.04 bits per heavy atom. The fourth-order valence-corrected chi connectivity index (χ4v) is 4.45. The van der Waals surface area contributed by atoms with Crippen molar-refractivity contribution in [3.05, 3.63) is 46.2 Å². The van der Waals surface area contributed by atoms with E-state index in [-0.39, 0.29) is 22.7 Å². The lowest BCUT2D eigenvalue weighted by Crippen LogP contribution is -2.57. The number of rotatable bonds is 4. The molecule has 27 heavy (non-hydrogen) atoms. The smallest absolute Gasteiger partial charge is 0.273 e. The molecule has 0 bridgehead atoms. The van der Waals surface area contributed by atoms with Crippen molar-refractivity contribution in [2.45, 2.75) is 44.6 Å². The van der Waals surface area contributed by atoms with Crippen LogP contribution in [-0.4, -0.2) is 61.8 Å². The van der Waals surface area contributed by atoms with Gasteiger partial charge in [-0.3, -0.25) is 14.5 Å². The number of piperidine rings is 1. The lowest BCUT2D eigenvalue weighted by Gasteiger charge is -2.50. The van der Waals surface area contributed by atoms with Crippen LogP contribution in [-0.2, 0) is 12.0 Å². The highest BCUT2D eigenvalue weighted by Gasteiger charge is 2.46. The number of imidazole rings is 1. The minimum Gasteiger partial charge on any atom is -0.348 e. The van der Waals surface area contributed by atoms with Crippen molar-refractivity contribution in [1.82, 2.24) is 29.7 Å². The number of aromatic amines is 2. The van der Waals surface area contributed by atoms with Crippen molar-refractivity contribution in [1.29, 1.82) is 0 Å². The van der Waals surface area contributed by atoms with Crippen molar-refractivity contribution < 1.29 is 4.79 Å². The maximum absolute atomic E-state index is 12.7. The Kier molecular flexibility index (Phi) is 4.82. The second kappa shape index (κ2) is 7.26. The molecule has 2 aromatic rings. The molecule has 8 heteroatoms. The standard InChI is InChI=1S/C19H26N6O2/c1-2-3-7-25-8-4-14-17(23-13-22-14)19(25)5-9-24(10-6-19)18(27)15-11-21-16(26)12-20-15/h11-13H,2-10H2,1H3,(H,21,26)(H,22,23). The average Bonchev–Trinajstić information content (AvgIpc) is 3.18. The van der Waals surface area contributed by atoms with E-state index in [0.717, 1.165) is 38.5 Å². The van der Waals surface area contributed by atoms with Gasteiger partial charge in [-0.15, -0.1) is 0 Å². The van der Waals surface area contributed by atoms with E-state index in [1.54, 1.807) is 6.33 Å². The second-order valence-corrected chi connectivity index (χ2v) is 7.44. The highest BCUT2D eigenvalue weighted by atomic mass is 16.2. The molecule has 1 fully saturated rings. The zero-order valence-electron chi connectivity index (χ0n) is 15.7. The summed E-state index contributed by atoms with van der Waals surface area (Å²) in [5, 5.41) is 0. The van der Waals surface area contributed by atoms with Crippen molar-refractivity contribution in [2.75, 3.05) is 26.2 Å². The Morgan fingerprint density at radius 1 is 1.22 bits per heavy atom. The van der Waals surface area contributed by atoms with Crippen LogP contribution in [0.1, 0.15) is 54.5 Å². The molecule has 0 aromatic carbocycles. The average molecular weight is 370 g/mol. The van der Waals surface area contributed by atoms with Crippen LogP contribution in [0.2, 0.25) is 0 Å². The minimum atomic E-state index is -0.302. The number of hydrogen-bond acceptors (Lipinski definition) is 5. The van der Waals surface area contributed by atoms with E-state index in [1.165, 1.54) is 30.4 Å². The van der Waals surface area contributed by atoms with Gasteiger partial charge in [-0.2, -0.15) is 0 Å². The Labute approximate surface area is 158 Å². The van der Waals surface area contributed by atoms with Crippen LogP contribution in [0.25, 0.3) is 0 Å². The van der Waals surface area contributed by atoms with Crippen LogP contribution < -0.4 is 5.56 Å². The molecular formula is C19H26N6O2. The highest BCUT2D eigenvalue weighted by Crippen LogP contribution is 2.42. The molecule has 1 amide bonds. The van der Waals surface area contributed by atoms with Crippen LogP contribution in [0.15, 0.2) is 23.5 Å². The van der Waals surface area contributed by atoms with E-state index in [0.29, 0.717) is 13.1 Å². The fraction of sp³-hybridized carbons (Fsp3) is 0.579. The van der Waals surface area contributed by atoms with Crippen LogP contribution in [0, 0.1) is 0 Å². The third-order valence-electron chi connectivity index (χ3n) is 5.95. The van der Waals surface area contributed by atoms with E-state index < -0.39 is 0 Å². The molecule has 144 valence electrons. The van der Waals surface area contributed by atoms with Crippen molar-refractivity contribution >= 4 is 5.91 Å². The summed E-state index contributed by atoms with van der Waals surface area (Å²) in [5.41, 5.74) is 2.31. The predicted molar refractivity (Wildman–Crippen MR) is 100 cm³/mol. The van der Waals surface area contributed by atoms with Crippen molar-refractivity contribution in [2.24, 2.45) is 0 Å². The lowest BCUT2D eigenvalue weighted by molar-refractivity contribution is 0.00611. The second-order valence-electron chi connectivity index (χ2n) is 7.44. The monoisotopic (exact) mass is 370 g/mol. The summed E-state index contributed by atoms with van der Waals surface area (Å²) in [5.74, 6) is -0.126. The topological polar surface area (TPSA) is 98.0 Å². The van der Waals surface area contributed by atoms with Crippen LogP contribution in [0.3, 0.4) is 0 Å². The number of unbranched alkanes of at least 4 members (excludes halogenated alkanes) is 1. The number of fused-ring (bicyclic) bond motifs is 2. The molecule has 0 aliphatic carbocycles. The molecule has 2 aliphatic heterocycles. The molecule has 0 unspecified atom stereocenters. The van der Waals surface area contributed by atoms with Gasteiger partial charge in [0, 0.05) is 37.9 Å². The number of nitrogens with zero attached hydrogens (tertiary/aromatic N) is 4. The fourth-order valence-electron chi connectivity index (χ4n) is 4.45. The minimum absolute atomic E-state index is 0.0854. The first-order chi connectivity index (χ1) is 13.1. The Hall–Kier alpha value is -2.48. The quantitative estimate of drug-likeness (QED) is 0.845. The summed E-state index contributed by atoms with van der Waals surface area (Å²) < 4.78 is 0. The number of carbonyl (C=O) groups excluding carboxylic acids is 1. The van der Waals surface area contributed by atoms with Gasteiger partial charge in [-0.25, -0.2) is 9.97 Å². The van der Waals surface area contributed by atoms with Gasteiger partial charge in [0.05, 0.1) is 23.8 Å². The summed E-state index contributed by atoms with van der Waals surface area (Å²) in [7, 11) is 0. The van der Waals surface area contributed by atoms with Gasteiger partial charge in [-0.05, 0) is 25.8 Å². The number of aromatic nitrogens is 4. The van der Waals surface area contributed by atoms with E-state index in [4.69, 9.17) is 0 Å². The zero-order chi connectivity index (χ0) is 18.9. The molecule has 0 atom stereocenters. The summed E-state index contributed by atoms with van der Waals surface area (Å²) in [6.45, 7) is 5.64.